The first kappa shape index (κ1) is 11.8. The van der Waals surface area contributed by atoms with Crippen molar-refractivity contribution < 1.29 is 19.9 Å². The van der Waals surface area contributed by atoms with Crippen molar-refractivity contribution in [3.8, 4) is 0 Å². The average Bonchev–Trinajstić information content (AvgIpc) is 1.76. The monoisotopic (exact) mass is 178 g/mol. The summed E-state index contributed by atoms with van der Waals surface area (Å²) in [7, 11) is 0. The summed E-state index contributed by atoms with van der Waals surface area (Å²) >= 11 is 0. The highest BCUT2D eigenvalue weighted by Gasteiger charge is 2.15. The van der Waals surface area contributed by atoms with E-state index in [1.54, 1.807) is 0 Å². The Morgan fingerprint density at radius 2 is 0.833 bits per heavy atom. The Kier molecular flexibility index (Phi) is 4.13. The van der Waals surface area contributed by atoms with Crippen LogP contribution in [0.4, 0.5) is 0 Å². The highest BCUT2D eigenvalue weighted by Crippen LogP contribution is 2.10. The van der Waals surface area contributed by atoms with Gasteiger partial charge in [0.1, 0.15) is 0 Å². The van der Waals surface area contributed by atoms with Crippen molar-refractivity contribution in [2.24, 2.45) is 0 Å². The topological polar surface area (TPSA) is 36.9 Å². The molecule has 0 N–H and O–H groups in total. The van der Waals surface area contributed by atoms with E-state index in [0.29, 0.717) is 0 Å². The number of hydrogen-bond donors (Lipinski definition) is 0. The van der Waals surface area contributed by atoms with Crippen LogP contribution in [0.2, 0.25) is 0 Å². The third-order valence-electron chi connectivity index (χ3n) is 0.596. The molecule has 0 aliphatic heterocycles. The second-order valence-corrected chi connectivity index (χ2v) is 4.53. The molecule has 0 atom stereocenters. The molecule has 0 saturated carbocycles. The van der Waals surface area contributed by atoms with E-state index in [2.05, 4.69) is 10.1 Å². The van der Waals surface area contributed by atoms with E-state index < -0.39 is 11.2 Å². The summed E-state index contributed by atoms with van der Waals surface area (Å²) in [4.78, 5) is 9.56. The molecule has 74 valence electrons. The minimum absolute atomic E-state index is 0.402. The molecule has 0 saturated heterocycles. The van der Waals surface area contributed by atoms with Gasteiger partial charge < -0.3 is 0 Å². The Morgan fingerprint density at radius 1 is 0.583 bits per heavy atom. The lowest BCUT2D eigenvalue weighted by Crippen LogP contribution is -2.23. The van der Waals surface area contributed by atoms with E-state index in [0.717, 1.165) is 0 Å². The molecule has 0 aromatic rings. The molecule has 0 fully saturated rings. The van der Waals surface area contributed by atoms with Gasteiger partial charge in [0.05, 0.1) is 11.2 Å². The third-order valence-corrected chi connectivity index (χ3v) is 0.596. The lowest BCUT2D eigenvalue weighted by Gasteiger charge is -2.19. The molecule has 0 rings (SSSR count). The summed E-state index contributed by atoms with van der Waals surface area (Å²) in [6.07, 6.45) is 0. The van der Waals surface area contributed by atoms with E-state index in [4.69, 9.17) is 9.78 Å². The van der Waals surface area contributed by atoms with Crippen LogP contribution in [0.1, 0.15) is 41.5 Å². The van der Waals surface area contributed by atoms with Crippen molar-refractivity contribution >= 4 is 0 Å². The summed E-state index contributed by atoms with van der Waals surface area (Å²) in [5.74, 6) is 0. The largest absolute Gasteiger partial charge is 0.198 e. The zero-order valence-corrected chi connectivity index (χ0v) is 8.63. The molecule has 12 heavy (non-hydrogen) atoms. The summed E-state index contributed by atoms with van der Waals surface area (Å²) in [6.45, 7) is 11.0. The highest BCUT2D eigenvalue weighted by molar-refractivity contribution is 4.54. The van der Waals surface area contributed by atoms with Crippen LogP contribution >= 0.6 is 0 Å². The minimum atomic E-state index is -0.402. The van der Waals surface area contributed by atoms with Gasteiger partial charge in [0, 0.05) is 0 Å². The fraction of sp³-hybridized carbons (Fsp3) is 1.00. The van der Waals surface area contributed by atoms with E-state index in [1.165, 1.54) is 0 Å². The van der Waals surface area contributed by atoms with Gasteiger partial charge in [-0.2, -0.15) is 9.78 Å². The molecule has 0 heterocycles. The van der Waals surface area contributed by atoms with Crippen LogP contribution in [-0.2, 0) is 19.9 Å². The van der Waals surface area contributed by atoms with Crippen LogP contribution in [0.5, 0.6) is 0 Å². The molecule has 0 aliphatic carbocycles. The molecule has 4 heteroatoms. The predicted octanol–water partition coefficient (Wildman–Crippen LogP) is 2.39. The average molecular weight is 178 g/mol. The smallest absolute Gasteiger partial charge is 0.0984 e. The first-order chi connectivity index (χ1) is 5.21. The van der Waals surface area contributed by atoms with Crippen LogP contribution < -0.4 is 0 Å². The first-order valence-electron chi connectivity index (χ1n) is 3.91. The van der Waals surface area contributed by atoms with Gasteiger partial charge in [-0.15, -0.1) is 0 Å². The van der Waals surface area contributed by atoms with Crippen molar-refractivity contribution in [1.82, 2.24) is 0 Å². The lowest BCUT2D eigenvalue weighted by molar-refractivity contribution is -0.661. The van der Waals surface area contributed by atoms with Gasteiger partial charge in [-0.05, 0) is 51.6 Å². The Labute approximate surface area is 73.5 Å². The van der Waals surface area contributed by atoms with Crippen LogP contribution in [0.15, 0.2) is 0 Å². The van der Waals surface area contributed by atoms with Crippen molar-refractivity contribution in [2.75, 3.05) is 0 Å². The van der Waals surface area contributed by atoms with Gasteiger partial charge >= 0.3 is 0 Å². The number of hydrogen-bond acceptors (Lipinski definition) is 4. The molecule has 0 radical (unpaired) electrons. The van der Waals surface area contributed by atoms with Gasteiger partial charge in [-0.1, -0.05) is 0 Å². The van der Waals surface area contributed by atoms with E-state index in [1.807, 2.05) is 41.5 Å². The summed E-state index contributed by atoms with van der Waals surface area (Å²) < 4.78 is 0. The Morgan fingerprint density at radius 3 is 1.00 bits per heavy atom. The molecular weight excluding hydrogens is 160 g/mol. The molecule has 4 nitrogen and oxygen atoms in total. The van der Waals surface area contributed by atoms with Crippen LogP contribution in [0.3, 0.4) is 0 Å². The molecule has 0 bridgehead atoms. The zero-order chi connectivity index (χ0) is 9.83. The lowest BCUT2D eigenvalue weighted by atomic mass is 10.2. The molecule has 0 aromatic carbocycles. The number of rotatable bonds is 3. The molecule has 0 aliphatic rings. The van der Waals surface area contributed by atoms with E-state index >= 15 is 0 Å². The quantitative estimate of drug-likeness (QED) is 0.378. The zero-order valence-electron chi connectivity index (χ0n) is 8.63. The molecule has 0 aromatic heterocycles. The fourth-order valence-electron chi connectivity index (χ4n) is 0.232. The normalized spacial score (nSPS) is 13.5. The van der Waals surface area contributed by atoms with Crippen molar-refractivity contribution in [2.45, 2.75) is 52.7 Å². The van der Waals surface area contributed by atoms with Gasteiger partial charge in [0.15, 0.2) is 0 Å². The SMILES string of the molecule is CC(C)(C)OOOOC(C)(C)C. The highest BCUT2D eigenvalue weighted by atomic mass is 17.7. The van der Waals surface area contributed by atoms with Gasteiger partial charge in [0.25, 0.3) is 0 Å². The second-order valence-electron chi connectivity index (χ2n) is 4.53. The second kappa shape index (κ2) is 4.18. The fourth-order valence-corrected chi connectivity index (χ4v) is 0.232. The first-order valence-corrected chi connectivity index (χ1v) is 3.91. The maximum atomic E-state index is 4.78. The van der Waals surface area contributed by atoms with Gasteiger partial charge in [0.2, 0.25) is 0 Å². The standard InChI is InChI=1S/C8H18O4/c1-7(2,3)9-11-12-10-8(4,5)6/h1-6H3. The Hall–Kier alpha value is -0.160. The van der Waals surface area contributed by atoms with Crippen LogP contribution in [-0.4, -0.2) is 11.2 Å². The molecular formula is C8H18O4. The molecule has 0 unspecified atom stereocenters. The predicted molar refractivity (Wildman–Crippen MR) is 43.8 cm³/mol. The summed E-state index contributed by atoms with van der Waals surface area (Å²) in [5.41, 5.74) is -0.803. The maximum Gasteiger partial charge on any atom is 0.0984 e. The van der Waals surface area contributed by atoms with E-state index in [-0.39, 0.29) is 0 Å². The molecule has 0 amide bonds. The van der Waals surface area contributed by atoms with Crippen molar-refractivity contribution in [3.63, 3.8) is 0 Å². The summed E-state index contributed by atoms with van der Waals surface area (Å²) in [6, 6.07) is 0. The van der Waals surface area contributed by atoms with Crippen LogP contribution in [0, 0.1) is 0 Å². The minimum Gasteiger partial charge on any atom is -0.198 e. The van der Waals surface area contributed by atoms with E-state index in [9.17, 15) is 0 Å². The van der Waals surface area contributed by atoms with Crippen molar-refractivity contribution in [3.05, 3.63) is 0 Å². The van der Waals surface area contributed by atoms with Gasteiger partial charge in [-0.3, -0.25) is 0 Å². The third kappa shape index (κ3) is 9.84. The summed E-state index contributed by atoms with van der Waals surface area (Å²) in [5, 5.41) is 8.70. The maximum absolute atomic E-state index is 4.78. The molecule has 0 spiro atoms. The van der Waals surface area contributed by atoms with Crippen molar-refractivity contribution in [1.29, 1.82) is 0 Å². The van der Waals surface area contributed by atoms with Crippen LogP contribution in [0.25, 0.3) is 0 Å². The van der Waals surface area contributed by atoms with Gasteiger partial charge in [-0.25, -0.2) is 0 Å². The Balaban J connectivity index is 3.35. The Bertz CT molecular complexity index is 104.